The van der Waals surface area contributed by atoms with Gasteiger partial charge in [-0.3, -0.25) is 0 Å². The topological polar surface area (TPSA) is 41.5 Å². The number of nitrogens with one attached hydrogen (secondary N) is 1. The van der Waals surface area contributed by atoms with Crippen molar-refractivity contribution < 1.29 is 14.2 Å². The van der Waals surface area contributed by atoms with Crippen molar-refractivity contribution in [1.82, 2.24) is 5.32 Å². The second-order valence-corrected chi connectivity index (χ2v) is 6.31. The van der Waals surface area contributed by atoms with Gasteiger partial charge in [0.2, 0.25) is 0 Å². The number of aliphatic hydroxyl groups excluding tert-OH is 1. The standard InChI is InChI=1S/C20H26FNO2/c1-20(2,24-14-13-23)18(21)15-22-19(16-9-5-3-6-10-16)17-11-7-4-8-12-17/h3-12,18-19,22-23H,13-15H2,1-2H3. The fourth-order valence-electron chi connectivity index (χ4n) is 2.59. The van der Waals surface area contributed by atoms with Crippen LogP contribution in [0.3, 0.4) is 0 Å². The Kier molecular flexibility index (Phi) is 6.91. The van der Waals surface area contributed by atoms with E-state index in [1.807, 2.05) is 60.7 Å². The van der Waals surface area contributed by atoms with Crippen LogP contribution in [0.15, 0.2) is 60.7 Å². The lowest BCUT2D eigenvalue weighted by Gasteiger charge is -2.30. The van der Waals surface area contributed by atoms with Crippen LogP contribution in [0.25, 0.3) is 0 Å². The third-order valence-corrected chi connectivity index (χ3v) is 4.09. The zero-order valence-electron chi connectivity index (χ0n) is 14.3. The summed E-state index contributed by atoms with van der Waals surface area (Å²) in [7, 11) is 0. The van der Waals surface area contributed by atoms with Crippen LogP contribution in [0.2, 0.25) is 0 Å². The van der Waals surface area contributed by atoms with Gasteiger partial charge in [-0.2, -0.15) is 0 Å². The molecule has 0 fully saturated rings. The van der Waals surface area contributed by atoms with Crippen LogP contribution in [0.4, 0.5) is 4.39 Å². The summed E-state index contributed by atoms with van der Waals surface area (Å²) in [5.74, 6) is 0. The minimum Gasteiger partial charge on any atom is -0.394 e. The number of rotatable bonds is 9. The molecule has 0 saturated heterocycles. The zero-order chi connectivity index (χ0) is 17.4. The van der Waals surface area contributed by atoms with Crippen molar-refractivity contribution in [3.05, 3.63) is 71.8 Å². The Morgan fingerprint density at radius 3 is 1.96 bits per heavy atom. The molecule has 1 atom stereocenters. The van der Waals surface area contributed by atoms with E-state index < -0.39 is 11.8 Å². The summed E-state index contributed by atoms with van der Waals surface area (Å²) in [6.07, 6.45) is -1.20. The number of benzene rings is 2. The molecule has 0 heterocycles. The van der Waals surface area contributed by atoms with Gasteiger partial charge in [-0.15, -0.1) is 0 Å². The molecule has 0 spiro atoms. The van der Waals surface area contributed by atoms with Crippen molar-refractivity contribution >= 4 is 0 Å². The maximum Gasteiger partial charge on any atom is 0.141 e. The summed E-state index contributed by atoms with van der Waals surface area (Å²) in [5.41, 5.74) is 1.23. The van der Waals surface area contributed by atoms with E-state index >= 15 is 0 Å². The minimum absolute atomic E-state index is 0.0840. The van der Waals surface area contributed by atoms with E-state index in [4.69, 9.17) is 9.84 Å². The van der Waals surface area contributed by atoms with E-state index in [1.165, 1.54) is 0 Å². The van der Waals surface area contributed by atoms with Gasteiger partial charge in [0.25, 0.3) is 0 Å². The Balaban J connectivity index is 2.10. The number of ether oxygens (including phenoxy) is 1. The van der Waals surface area contributed by atoms with E-state index in [-0.39, 0.29) is 25.8 Å². The zero-order valence-corrected chi connectivity index (χ0v) is 14.3. The normalized spacial score (nSPS) is 13.2. The summed E-state index contributed by atoms with van der Waals surface area (Å²) >= 11 is 0. The lowest BCUT2D eigenvalue weighted by atomic mass is 9.97. The molecule has 0 saturated carbocycles. The molecule has 0 radical (unpaired) electrons. The van der Waals surface area contributed by atoms with Crippen LogP contribution in [0, 0.1) is 0 Å². The first-order valence-corrected chi connectivity index (χ1v) is 8.27. The van der Waals surface area contributed by atoms with Gasteiger partial charge in [0.15, 0.2) is 0 Å². The van der Waals surface area contributed by atoms with E-state index in [2.05, 4.69) is 5.32 Å². The highest BCUT2D eigenvalue weighted by Crippen LogP contribution is 2.23. The molecule has 3 nitrogen and oxygen atoms in total. The predicted octanol–water partition coefficient (Wildman–Crippen LogP) is 3.49. The molecule has 2 aromatic rings. The van der Waals surface area contributed by atoms with E-state index in [1.54, 1.807) is 13.8 Å². The molecule has 1 unspecified atom stereocenters. The fourth-order valence-corrected chi connectivity index (χ4v) is 2.59. The van der Waals surface area contributed by atoms with Crippen LogP contribution in [0.1, 0.15) is 31.0 Å². The molecule has 0 aromatic heterocycles. The second kappa shape index (κ2) is 8.92. The molecule has 0 aliphatic heterocycles. The summed E-state index contributed by atoms with van der Waals surface area (Å²) in [6.45, 7) is 3.59. The maximum atomic E-state index is 14.6. The van der Waals surface area contributed by atoms with Gasteiger partial charge >= 0.3 is 0 Å². The number of alkyl halides is 1. The molecule has 0 amide bonds. The molecule has 24 heavy (non-hydrogen) atoms. The molecule has 2 rings (SSSR count). The van der Waals surface area contributed by atoms with Gasteiger partial charge in [0.05, 0.1) is 24.9 Å². The van der Waals surface area contributed by atoms with Crippen molar-refractivity contribution in [2.24, 2.45) is 0 Å². The number of halogens is 1. The van der Waals surface area contributed by atoms with Crippen LogP contribution in [-0.4, -0.2) is 36.6 Å². The third kappa shape index (κ3) is 5.13. The van der Waals surface area contributed by atoms with Gasteiger partial charge in [-0.1, -0.05) is 60.7 Å². The molecular weight excluding hydrogens is 305 g/mol. The average molecular weight is 331 g/mol. The summed E-state index contributed by atoms with van der Waals surface area (Å²) in [4.78, 5) is 0. The summed E-state index contributed by atoms with van der Waals surface area (Å²) in [6, 6.07) is 19.9. The lowest BCUT2D eigenvalue weighted by Crippen LogP contribution is -2.44. The molecule has 130 valence electrons. The highest BCUT2D eigenvalue weighted by Gasteiger charge is 2.31. The number of aliphatic hydroxyl groups is 1. The minimum atomic E-state index is -1.20. The van der Waals surface area contributed by atoms with Crippen LogP contribution in [-0.2, 0) is 4.74 Å². The monoisotopic (exact) mass is 331 g/mol. The Bertz CT molecular complexity index is 550. The highest BCUT2D eigenvalue weighted by molar-refractivity contribution is 5.31. The van der Waals surface area contributed by atoms with E-state index in [0.29, 0.717) is 0 Å². The summed E-state index contributed by atoms with van der Waals surface area (Å²) in [5, 5.41) is 12.2. The molecule has 4 heteroatoms. The fraction of sp³-hybridized carbons (Fsp3) is 0.400. The highest BCUT2D eigenvalue weighted by atomic mass is 19.1. The first-order chi connectivity index (χ1) is 11.5. The number of hydrogen-bond acceptors (Lipinski definition) is 3. The van der Waals surface area contributed by atoms with Crippen LogP contribution >= 0.6 is 0 Å². The van der Waals surface area contributed by atoms with Crippen molar-refractivity contribution in [2.45, 2.75) is 31.7 Å². The Labute approximate surface area is 143 Å². The Morgan fingerprint density at radius 1 is 1.00 bits per heavy atom. The molecule has 2 aromatic carbocycles. The lowest BCUT2D eigenvalue weighted by molar-refractivity contribution is -0.0799. The number of hydrogen-bond donors (Lipinski definition) is 2. The molecule has 0 aliphatic rings. The quantitative estimate of drug-likeness (QED) is 0.739. The maximum absolute atomic E-state index is 14.6. The van der Waals surface area contributed by atoms with Crippen molar-refractivity contribution in [2.75, 3.05) is 19.8 Å². The average Bonchev–Trinajstić information content (AvgIpc) is 2.62. The van der Waals surface area contributed by atoms with Gasteiger partial charge < -0.3 is 15.2 Å². The van der Waals surface area contributed by atoms with Gasteiger partial charge in [-0.05, 0) is 25.0 Å². The molecular formula is C20H26FNO2. The SMILES string of the molecule is CC(C)(OCCO)C(F)CNC(c1ccccc1)c1ccccc1. The van der Waals surface area contributed by atoms with Gasteiger partial charge in [0.1, 0.15) is 6.17 Å². The van der Waals surface area contributed by atoms with Crippen molar-refractivity contribution in [3.8, 4) is 0 Å². The largest absolute Gasteiger partial charge is 0.394 e. The van der Waals surface area contributed by atoms with Crippen LogP contribution < -0.4 is 5.32 Å². The second-order valence-electron chi connectivity index (χ2n) is 6.31. The van der Waals surface area contributed by atoms with E-state index in [9.17, 15) is 4.39 Å². The first kappa shape index (κ1) is 18.6. The van der Waals surface area contributed by atoms with Crippen LogP contribution in [0.5, 0.6) is 0 Å². The van der Waals surface area contributed by atoms with Crippen molar-refractivity contribution in [1.29, 1.82) is 0 Å². The predicted molar refractivity (Wildman–Crippen MR) is 94.7 cm³/mol. The Morgan fingerprint density at radius 2 is 1.50 bits per heavy atom. The van der Waals surface area contributed by atoms with E-state index in [0.717, 1.165) is 11.1 Å². The first-order valence-electron chi connectivity index (χ1n) is 8.27. The molecule has 0 bridgehead atoms. The van der Waals surface area contributed by atoms with Crippen molar-refractivity contribution in [3.63, 3.8) is 0 Å². The smallest absolute Gasteiger partial charge is 0.141 e. The Hall–Kier alpha value is -1.75. The molecule has 0 aliphatic carbocycles. The van der Waals surface area contributed by atoms with Gasteiger partial charge in [0, 0.05) is 6.54 Å². The summed E-state index contributed by atoms with van der Waals surface area (Å²) < 4.78 is 20.0. The third-order valence-electron chi connectivity index (χ3n) is 4.09. The molecule has 2 N–H and O–H groups in total. The van der Waals surface area contributed by atoms with Gasteiger partial charge in [-0.25, -0.2) is 4.39 Å².